The maximum atomic E-state index is 11.8. The van der Waals surface area contributed by atoms with Gasteiger partial charge in [-0.25, -0.2) is 0 Å². The molecule has 0 aliphatic carbocycles. The van der Waals surface area contributed by atoms with E-state index < -0.39 is 42.9 Å². The Morgan fingerprint density at radius 1 is 0.789 bits per heavy atom. The highest BCUT2D eigenvalue weighted by Gasteiger charge is 2.30. The van der Waals surface area contributed by atoms with Gasteiger partial charge in [-0.2, -0.15) is 36.3 Å². The fraction of sp³-hybridized carbons (Fsp3) is 0.571. The van der Waals surface area contributed by atoms with Gasteiger partial charge in [0.15, 0.2) is 13.2 Å². The van der Waals surface area contributed by atoms with Crippen LogP contribution in [0.1, 0.15) is 0 Å². The molecular formula is C7H4ClF6N3O2. The van der Waals surface area contributed by atoms with Gasteiger partial charge in [0.05, 0.1) is 0 Å². The molecule has 0 spiro atoms. The van der Waals surface area contributed by atoms with Crippen LogP contribution in [-0.2, 0) is 0 Å². The van der Waals surface area contributed by atoms with E-state index in [9.17, 15) is 26.3 Å². The molecular weight excluding hydrogens is 308 g/mol. The van der Waals surface area contributed by atoms with Crippen molar-refractivity contribution in [1.29, 1.82) is 0 Å². The van der Waals surface area contributed by atoms with E-state index in [1.807, 2.05) is 0 Å². The first-order chi connectivity index (χ1) is 8.55. The average molecular weight is 312 g/mol. The van der Waals surface area contributed by atoms with Crippen LogP contribution >= 0.6 is 11.6 Å². The lowest BCUT2D eigenvalue weighted by Gasteiger charge is -2.10. The first-order valence-corrected chi connectivity index (χ1v) is 4.74. The largest absolute Gasteiger partial charge is 0.454 e. The Morgan fingerprint density at radius 3 is 1.47 bits per heavy atom. The molecule has 0 aromatic carbocycles. The summed E-state index contributed by atoms with van der Waals surface area (Å²) in [6, 6.07) is -1.79. The van der Waals surface area contributed by atoms with E-state index in [-0.39, 0.29) is 0 Å². The van der Waals surface area contributed by atoms with Crippen LogP contribution < -0.4 is 9.47 Å². The molecule has 0 atom stereocenters. The van der Waals surface area contributed by atoms with E-state index in [1.165, 1.54) is 0 Å². The number of ether oxygens (including phenoxy) is 2. The smallest absolute Gasteiger partial charge is 0.422 e. The minimum absolute atomic E-state index is 0.663. The van der Waals surface area contributed by atoms with Gasteiger partial charge in [0, 0.05) is 0 Å². The predicted octanol–water partition coefficient (Wildman–Crippen LogP) is 2.41. The SMILES string of the molecule is FC(F)(F)COc1nc(Cl)nc(OCC(F)(F)F)n1. The van der Waals surface area contributed by atoms with Crippen molar-refractivity contribution in [2.24, 2.45) is 0 Å². The Morgan fingerprint density at radius 2 is 1.16 bits per heavy atom. The molecule has 0 amide bonds. The summed E-state index contributed by atoms with van der Waals surface area (Å²) in [5, 5.41) is -0.663. The Kier molecular flexibility index (Phi) is 4.61. The third-order valence-corrected chi connectivity index (χ3v) is 1.47. The van der Waals surface area contributed by atoms with Gasteiger partial charge < -0.3 is 9.47 Å². The fourth-order valence-corrected chi connectivity index (χ4v) is 0.881. The molecule has 0 bridgehead atoms. The van der Waals surface area contributed by atoms with Crippen molar-refractivity contribution < 1.29 is 35.8 Å². The maximum Gasteiger partial charge on any atom is 0.422 e. The van der Waals surface area contributed by atoms with Crippen molar-refractivity contribution in [3.05, 3.63) is 5.28 Å². The summed E-state index contributed by atoms with van der Waals surface area (Å²) in [5.41, 5.74) is 0. The van der Waals surface area contributed by atoms with Crippen molar-refractivity contribution in [3.63, 3.8) is 0 Å². The van der Waals surface area contributed by atoms with Gasteiger partial charge >= 0.3 is 24.4 Å². The fourth-order valence-electron chi connectivity index (χ4n) is 0.737. The normalized spacial score (nSPS) is 12.4. The number of alkyl halides is 6. The van der Waals surface area contributed by atoms with Crippen molar-refractivity contribution in [2.45, 2.75) is 12.4 Å². The average Bonchev–Trinajstić information content (AvgIpc) is 2.21. The molecule has 0 aliphatic rings. The Labute approximate surface area is 106 Å². The van der Waals surface area contributed by atoms with Crippen molar-refractivity contribution in [3.8, 4) is 12.0 Å². The second kappa shape index (κ2) is 5.63. The maximum absolute atomic E-state index is 11.8. The number of hydrogen-bond acceptors (Lipinski definition) is 5. The summed E-state index contributed by atoms with van der Waals surface area (Å²) < 4.78 is 79.2. The lowest BCUT2D eigenvalue weighted by molar-refractivity contribution is -0.156. The minimum Gasteiger partial charge on any atom is -0.454 e. The lowest BCUT2D eigenvalue weighted by atomic mass is 10.7. The van der Waals surface area contributed by atoms with E-state index >= 15 is 0 Å². The van der Waals surface area contributed by atoms with Crippen molar-refractivity contribution >= 4 is 11.6 Å². The van der Waals surface area contributed by atoms with E-state index in [0.717, 1.165) is 0 Å². The predicted molar refractivity (Wildman–Crippen MR) is 47.9 cm³/mol. The van der Waals surface area contributed by atoms with E-state index in [0.29, 0.717) is 0 Å². The van der Waals surface area contributed by atoms with Gasteiger partial charge in [0.1, 0.15) is 0 Å². The number of nitrogens with zero attached hydrogens (tertiary/aromatic N) is 3. The third-order valence-electron chi connectivity index (χ3n) is 1.30. The van der Waals surface area contributed by atoms with Crippen LogP contribution in [0.4, 0.5) is 26.3 Å². The summed E-state index contributed by atoms with van der Waals surface area (Å²) in [6.07, 6.45) is -9.32. The summed E-state index contributed by atoms with van der Waals surface area (Å²) in [5.74, 6) is 0. The van der Waals surface area contributed by atoms with Crippen LogP contribution in [-0.4, -0.2) is 40.5 Å². The third kappa shape index (κ3) is 6.84. The topological polar surface area (TPSA) is 57.1 Å². The van der Waals surface area contributed by atoms with E-state index in [1.54, 1.807) is 0 Å². The van der Waals surface area contributed by atoms with Gasteiger partial charge in [-0.1, -0.05) is 0 Å². The van der Waals surface area contributed by atoms with Gasteiger partial charge in [-0.3, -0.25) is 0 Å². The molecule has 19 heavy (non-hydrogen) atoms. The second-order valence-electron chi connectivity index (χ2n) is 2.98. The van der Waals surface area contributed by atoms with Crippen LogP contribution in [0.25, 0.3) is 0 Å². The summed E-state index contributed by atoms with van der Waals surface area (Å²) in [4.78, 5) is 9.37. The highest BCUT2D eigenvalue weighted by Crippen LogP contribution is 2.20. The lowest BCUT2D eigenvalue weighted by Crippen LogP contribution is -2.22. The van der Waals surface area contributed by atoms with Gasteiger partial charge in [-0.05, 0) is 11.6 Å². The molecule has 1 heterocycles. The van der Waals surface area contributed by atoms with Gasteiger partial charge in [-0.15, -0.1) is 4.98 Å². The molecule has 5 nitrogen and oxygen atoms in total. The molecule has 0 aliphatic heterocycles. The zero-order valence-electron chi connectivity index (χ0n) is 8.72. The molecule has 108 valence electrons. The first kappa shape index (κ1) is 15.5. The molecule has 0 unspecified atom stereocenters. The molecule has 1 rings (SSSR count). The van der Waals surface area contributed by atoms with Gasteiger partial charge in [0.2, 0.25) is 5.28 Å². The minimum atomic E-state index is -4.66. The Bertz CT molecular complexity index is 402. The molecule has 0 saturated carbocycles. The highest BCUT2D eigenvalue weighted by molar-refractivity contribution is 6.28. The molecule has 1 aromatic heterocycles. The number of hydrogen-bond donors (Lipinski definition) is 0. The monoisotopic (exact) mass is 311 g/mol. The number of rotatable bonds is 4. The zero-order chi connectivity index (χ0) is 14.7. The second-order valence-corrected chi connectivity index (χ2v) is 3.32. The molecule has 0 fully saturated rings. The zero-order valence-corrected chi connectivity index (χ0v) is 9.47. The number of aromatic nitrogens is 3. The summed E-state index contributed by atoms with van der Waals surface area (Å²) >= 11 is 5.27. The van der Waals surface area contributed by atoms with Crippen molar-refractivity contribution in [2.75, 3.05) is 13.2 Å². The summed E-state index contributed by atoms with van der Waals surface area (Å²) in [6.45, 7) is -3.46. The van der Waals surface area contributed by atoms with Crippen LogP contribution in [0.5, 0.6) is 12.0 Å². The van der Waals surface area contributed by atoms with Crippen LogP contribution in [0.2, 0.25) is 5.28 Å². The Hall–Kier alpha value is -1.52. The number of halogens is 7. The van der Waals surface area contributed by atoms with Gasteiger partial charge in [0.25, 0.3) is 0 Å². The highest BCUT2D eigenvalue weighted by atomic mass is 35.5. The van der Waals surface area contributed by atoms with E-state index in [2.05, 4.69) is 24.4 Å². The van der Waals surface area contributed by atoms with Crippen molar-refractivity contribution in [1.82, 2.24) is 15.0 Å². The summed E-state index contributed by atoms with van der Waals surface area (Å²) in [7, 11) is 0. The molecule has 12 heteroatoms. The molecule has 0 saturated heterocycles. The van der Waals surface area contributed by atoms with Crippen LogP contribution in [0.15, 0.2) is 0 Å². The van der Waals surface area contributed by atoms with Crippen LogP contribution in [0, 0.1) is 0 Å². The standard InChI is InChI=1S/C7H4ClF6N3O2/c8-3-15-4(18-1-6(9,10)11)17-5(16-3)19-2-7(12,13)14/h1-2H2. The first-order valence-electron chi connectivity index (χ1n) is 4.36. The van der Waals surface area contributed by atoms with E-state index in [4.69, 9.17) is 11.6 Å². The molecule has 0 radical (unpaired) electrons. The van der Waals surface area contributed by atoms with Crippen LogP contribution in [0.3, 0.4) is 0 Å². The molecule has 0 N–H and O–H groups in total. The molecule has 1 aromatic rings. The Balaban J connectivity index is 2.71. The quantitative estimate of drug-likeness (QED) is 0.799.